The Hall–Kier alpha value is -1.79. The largest absolute Gasteiger partial charge is 0.281 e. The Kier molecular flexibility index (Phi) is 3.92. The Bertz CT molecular complexity index is 622. The van der Waals surface area contributed by atoms with Crippen molar-refractivity contribution in [2.75, 3.05) is 0 Å². The van der Waals surface area contributed by atoms with Crippen molar-refractivity contribution >= 4 is 18.6 Å². The maximum atomic E-state index is 12.5. The molecule has 3 heteroatoms. The molecule has 0 N–H and O–H groups in total. The predicted molar refractivity (Wildman–Crippen MR) is 78.7 cm³/mol. The maximum Gasteiger partial charge on any atom is 0.246 e. The van der Waals surface area contributed by atoms with Crippen LogP contribution in [-0.4, -0.2) is 5.52 Å². The van der Waals surface area contributed by atoms with Crippen LogP contribution in [0.15, 0.2) is 42.5 Å². The number of carbonyl (C=O) groups excluding carboxylic acids is 1. The highest BCUT2D eigenvalue weighted by molar-refractivity contribution is 7.71. The van der Waals surface area contributed by atoms with E-state index in [9.17, 15) is 9.36 Å². The number of benzene rings is 2. The summed E-state index contributed by atoms with van der Waals surface area (Å²) < 4.78 is 12.5. The van der Waals surface area contributed by atoms with Crippen LogP contribution in [0, 0.1) is 20.8 Å². The van der Waals surface area contributed by atoms with Gasteiger partial charge in [0.2, 0.25) is 5.52 Å². The van der Waals surface area contributed by atoms with Crippen LogP contribution in [0.2, 0.25) is 0 Å². The zero-order valence-electron chi connectivity index (χ0n) is 11.3. The van der Waals surface area contributed by atoms with Crippen LogP contribution < -0.4 is 5.30 Å². The van der Waals surface area contributed by atoms with E-state index in [1.54, 1.807) is 24.3 Å². The molecule has 2 nitrogen and oxygen atoms in total. The van der Waals surface area contributed by atoms with Gasteiger partial charge in [-0.15, -0.1) is 0 Å². The third-order valence-corrected chi connectivity index (χ3v) is 4.78. The molecule has 0 heterocycles. The van der Waals surface area contributed by atoms with Gasteiger partial charge in [0, 0.05) is 10.9 Å². The maximum absolute atomic E-state index is 12.5. The van der Waals surface area contributed by atoms with Crippen LogP contribution in [0.4, 0.5) is 0 Å². The van der Waals surface area contributed by atoms with Crippen molar-refractivity contribution in [3.05, 3.63) is 64.7 Å². The second-order valence-corrected chi connectivity index (χ2v) is 6.16. The van der Waals surface area contributed by atoms with E-state index in [0.29, 0.717) is 10.9 Å². The van der Waals surface area contributed by atoms with E-state index in [4.69, 9.17) is 0 Å². The number of rotatable bonds is 3. The fraction of sp³-hybridized carbons (Fsp3) is 0.188. The van der Waals surface area contributed by atoms with Gasteiger partial charge in [-0.1, -0.05) is 48.0 Å². The van der Waals surface area contributed by atoms with Gasteiger partial charge in [-0.3, -0.25) is 9.36 Å². The number of aryl methyl sites for hydroxylation is 3. The summed E-state index contributed by atoms with van der Waals surface area (Å²) in [6.07, 6.45) is 0. The lowest BCUT2D eigenvalue weighted by Crippen LogP contribution is -2.11. The molecule has 19 heavy (non-hydrogen) atoms. The van der Waals surface area contributed by atoms with Crippen LogP contribution >= 0.6 is 7.80 Å². The molecule has 0 spiro atoms. The lowest BCUT2D eigenvalue weighted by atomic mass is 10.1. The van der Waals surface area contributed by atoms with Gasteiger partial charge >= 0.3 is 0 Å². The molecule has 0 fully saturated rings. The summed E-state index contributed by atoms with van der Waals surface area (Å²) in [6, 6.07) is 12.7. The fourth-order valence-corrected chi connectivity index (χ4v) is 3.65. The first-order chi connectivity index (χ1) is 9.00. The Morgan fingerprint density at radius 1 is 0.947 bits per heavy atom. The highest BCUT2D eigenvalue weighted by Gasteiger charge is 2.20. The lowest BCUT2D eigenvalue weighted by Gasteiger charge is -2.09. The van der Waals surface area contributed by atoms with E-state index < -0.39 is 7.80 Å². The van der Waals surface area contributed by atoms with E-state index in [0.717, 1.165) is 16.7 Å². The smallest absolute Gasteiger partial charge is 0.246 e. The van der Waals surface area contributed by atoms with Gasteiger partial charge in [0.05, 0.1) is 0 Å². The summed E-state index contributed by atoms with van der Waals surface area (Å²) in [5, 5.41) is 0.675. The summed E-state index contributed by atoms with van der Waals surface area (Å²) in [6.45, 7) is 5.80. The fourth-order valence-electron chi connectivity index (χ4n) is 2.29. The molecule has 0 aromatic heterocycles. The summed E-state index contributed by atoms with van der Waals surface area (Å²) in [7, 11) is -2.06. The Labute approximate surface area is 114 Å². The van der Waals surface area contributed by atoms with Gasteiger partial charge < -0.3 is 0 Å². The van der Waals surface area contributed by atoms with Crippen molar-refractivity contribution in [3.63, 3.8) is 0 Å². The summed E-state index contributed by atoms with van der Waals surface area (Å²) in [5.74, 6) is 0. The summed E-state index contributed by atoms with van der Waals surface area (Å²) in [4.78, 5) is 12.3. The first-order valence-electron chi connectivity index (χ1n) is 6.15. The van der Waals surface area contributed by atoms with Gasteiger partial charge in [0.15, 0.2) is 7.80 Å². The molecule has 0 aliphatic rings. The van der Waals surface area contributed by atoms with Crippen LogP contribution in [0.3, 0.4) is 0 Å². The summed E-state index contributed by atoms with van der Waals surface area (Å²) >= 11 is 0. The Morgan fingerprint density at radius 3 is 2.00 bits per heavy atom. The van der Waals surface area contributed by atoms with E-state index in [-0.39, 0.29) is 5.52 Å². The van der Waals surface area contributed by atoms with Crippen LogP contribution in [-0.2, 0) is 4.57 Å². The van der Waals surface area contributed by atoms with Gasteiger partial charge in [-0.25, -0.2) is 0 Å². The van der Waals surface area contributed by atoms with Crippen molar-refractivity contribution in [1.82, 2.24) is 0 Å². The Morgan fingerprint density at radius 2 is 1.47 bits per heavy atom. The lowest BCUT2D eigenvalue weighted by molar-refractivity contribution is 0.108. The van der Waals surface area contributed by atoms with Crippen molar-refractivity contribution in [2.45, 2.75) is 20.8 Å². The topological polar surface area (TPSA) is 34.1 Å². The van der Waals surface area contributed by atoms with Crippen molar-refractivity contribution in [2.24, 2.45) is 0 Å². The van der Waals surface area contributed by atoms with Crippen LogP contribution in [0.5, 0.6) is 0 Å². The van der Waals surface area contributed by atoms with Gasteiger partial charge in [0.25, 0.3) is 0 Å². The molecule has 0 saturated carbocycles. The third kappa shape index (κ3) is 2.80. The molecule has 2 aromatic carbocycles. The van der Waals surface area contributed by atoms with Crippen LogP contribution in [0.25, 0.3) is 0 Å². The molecule has 1 atom stereocenters. The highest BCUT2D eigenvalue weighted by Crippen LogP contribution is 2.29. The average Bonchev–Trinajstić information content (AvgIpc) is 2.37. The molecule has 1 radical (unpaired) electrons. The molecule has 0 aliphatic heterocycles. The second-order valence-electron chi connectivity index (χ2n) is 4.71. The minimum absolute atomic E-state index is 0.300. The molecule has 2 rings (SSSR count). The standard InChI is InChI=1S/C16H16O2P/c1-11-9-12(2)15(13(3)10-11)19(18)16(17)14-7-5-4-6-8-14/h4-10H,1-3H3. The van der Waals surface area contributed by atoms with E-state index >= 15 is 0 Å². The quantitative estimate of drug-likeness (QED) is 0.793. The molecule has 2 aromatic rings. The molecular weight excluding hydrogens is 255 g/mol. The minimum Gasteiger partial charge on any atom is -0.281 e. The highest BCUT2D eigenvalue weighted by atomic mass is 31.1. The molecule has 1 unspecified atom stereocenters. The first kappa shape index (κ1) is 13.6. The van der Waals surface area contributed by atoms with Gasteiger partial charge in [-0.05, 0) is 31.9 Å². The monoisotopic (exact) mass is 271 g/mol. The van der Waals surface area contributed by atoms with E-state index in [2.05, 4.69) is 0 Å². The third-order valence-electron chi connectivity index (χ3n) is 3.04. The molecule has 0 amide bonds. The molecule has 0 aliphatic carbocycles. The van der Waals surface area contributed by atoms with E-state index in [1.807, 2.05) is 39.0 Å². The first-order valence-corrected chi connectivity index (χ1v) is 7.41. The van der Waals surface area contributed by atoms with Gasteiger partial charge in [-0.2, -0.15) is 0 Å². The Balaban J connectivity index is 2.44. The zero-order chi connectivity index (χ0) is 14.0. The molecular formula is C16H16O2P. The van der Waals surface area contributed by atoms with Crippen molar-refractivity contribution < 1.29 is 9.36 Å². The van der Waals surface area contributed by atoms with Crippen LogP contribution in [0.1, 0.15) is 27.0 Å². The SMILES string of the molecule is Cc1cc(C)c([P](=O)C(=O)c2ccccc2)c(C)c1. The normalized spacial score (nSPS) is 11.2. The van der Waals surface area contributed by atoms with E-state index in [1.165, 1.54) is 0 Å². The second kappa shape index (κ2) is 5.46. The van der Waals surface area contributed by atoms with Gasteiger partial charge in [0.1, 0.15) is 0 Å². The molecule has 0 bridgehead atoms. The molecule has 97 valence electrons. The van der Waals surface area contributed by atoms with Crippen molar-refractivity contribution in [1.29, 1.82) is 0 Å². The molecule has 0 saturated heterocycles. The number of hydrogen-bond acceptors (Lipinski definition) is 2. The minimum atomic E-state index is -2.06. The zero-order valence-corrected chi connectivity index (χ0v) is 12.2. The van der Waals surface area contributed by atoms with Crippen molar-refractivity contribution in [3.8, 4) is 0 Å². The number of hydrogen-bond donors (Lipinski definition) is 0. The number of carbonyl (C=O) groups is 1. The predicted octanol–water partition coefficient (Wildman–Crippen LogP) is 3.90. The summed E-state index contributed by atoms with van der Waals surface area (Å²) in [5.41, 5.74) is 3.16. The average molecular weight is 271 g/mol.